The van der Waals surface area contributed by atoms with Gasteiger partial charge in [0.25, 0.3) is 0 Å². The van der Waals surface area contributed by atoms with Gasteiger partial charge >= 0.3 is 0 Å². The van der Waals surface area contributed by atoms with E-state index in [-0.39, 0.29) is 17.6 Å². The largest absolute Gasteiger partial charge is 0.621 e. The van der Waals surface area contributed by atoms with Gasteiger partial charge in [-0.3, -0.25) is 9.44 Å². The van der Waals surface area contributed by atoms with Crippen molar-refractivity contribution in [1.29, 1.82) is 0 Å². The average Bonchev–Trinajstić information content (AvgIpc) is 3.07. The van der Waals surface area contributed by atoms with E-state index in [0.29, 0.717) is 12.0 Å². The number of nitrogens with zero attached hydrogens (tertiary/aromatic N) is 3. The maximum atomic E-state index is 13.4. The summed E-state index contributed by atoms with van der Waals surface area (Å²) in [5.74, 6) is -0.285. The summed E-state index contributed by atoms with van der Waals surface area (Å²) in [6.45, 7) is 2.55. The fourth-order valence-corrected chi connectivity index (χ4v) is 4.14. The van der Waals surface area contributed by atoms with Crippen LogP contribution in [0.2, 0.25) is 0 Å². The topological polar surface area (TPSA) is 55.7 Å². The average molecular weight is 381 g/mol. The molecule has 5 nitrogen and oxygen atoms in total. The molecule has 28 heavy (non-hydrogen) atoms. The second kappa shape index (κ2) is 7.91. The van der Waals surface area contributed by atoms with Crippen molar-refractivity contribution in [3.05, 3.63) is 65.1 Å². The quantitative estimate of drug-likeness (QED) is 0.422. The van der Waals surface area contributed by atoms with Crippen molar-refractivity contribution in [3.8, 4) is 0 Å². The maximum Gasteiger partial charge on any atom is 0.196 e. The van der Waals surface area contributed by atoms with E-state index < -0.39 is 4.65 Å². The molecule has 6 heteroatoms. The van der Waals surface area contributed by atoms with Crippen molar-refractivity contribution >= 4 is 23.5 Å². The Balaban J connectivity index is 1.26. The molecule has 0 N–H and O–H groups in total. The number of carbonyl (C=O) groups excluding carboxylic acids is 1. The molecule has 1 fully saturated rings. The molecule has 2 heterocycles. The van der Waals surface area contributed by atoms with Gasteiger partial charge in [0.05, 0.1) is 0 Å². The zero-order chi connectivity index (χ0) is 19.6. The standard InChI is InChI=1S/C22H24FN3O2/c23-18-9-7-17(8-10-18)22(27)6-3-13-25-14-11-19(12-15-25)26(28)16-24-20-4-1-2-5-21(20)26/h1-2,4-5,7-10,16,19H,3,6,11-15H2. The highest BCUT2D eigenvalue weighted by molar-refractivity contribution is 5.96. The lowest BCUT2D eigenvalue weighted by Crippen LogP contribution is -2.54. The first-order chi connectivity index (χ1) is 13.6. The fraction of sp³-hybridized carbons (Fsp3) is 0.364. The molecule has 2 aromatic rings. The van der Waals surface area contributed by atoms with Crippen molar-refractivity contribution in [1.82, 2.24) is 9.55 Å². The lowest BCUT2D eigenvalue weighted by molar-refractivity contribution is 0.0970. The Hall–Kier alpha value is -2.41. The van der Waals surface area contributed by atoms with Crippen molar-refractivity contribution in [3.63, 3.8) is 0 Å². The lowest BCUT2D eigenvalue weighted by atomic mass is 10.0. The normalized spacial score (nSPS) is 22.4. The van der Waals surface area contributed by atoms with Gasteiger partial charge in [-0.1, -0.05) is 12.1 Å². The molecule has 1 saturated heterocycles. The van der Waals surface area contributed by atoms with Gasteiger partial charge in [-0.15, -0.1) is 0 Å². The Kier molecular flexibility index (Phi) is 5.35. The number of hydroxylamine groups is 2. The first-order valence-corrected chi connectivity index (χ1v) is 9.81. The predicted octanol–water partition coefficient (Wildman–Crippen LogP) is 4.43. The number of Topliss-reactive ketones (excluding diaryl/α,β-unsaturated/α-hetero) is 1. The zero-order valence-corrected chi connectivity index (χ0v) is 15.8. The molecule has 1 atom stereocenters. The van der Waals surface area contributed by atoms with Crippen LogP contribution in [0.3, 0.4) is 0 Å². The monoisotopic (exact) mass is 381 g/mol. The third-order valence-electron chi connectivity index (χ3n) is 5.77. The molecule has 146 valence electrons. The van der Waals surface area contributed by atoms with Gasteiger partial charge in [0.15, 0.2) is 17.8 Å². The highest BCUT2D eigenvalue weighted by atomic mass is 19.1. The van der Waals surface area contributed by atoms with Gasteiger partial charge < -0.3 is 10.1 Å². The number of quaternary nitrogens is 1. The smallest absolute Gasteiger partial charge is 0.196 e. The third-order valence-corrected chi connectivity index (χ3v) is 5.77. The number of aliphatic imine (C=N–C) groups is 1. The highest BCUT2D eigenvalue weighted by Crippen LogP contribution is 2.40. The molecule has 1 unspecified atom stereocenters. The first-order valence-electron chi connectivity index (χ1n) is 9.81. The Morgan fingerprint density at radius 3 is 2.61 bits per heavy atom. The van der Waals surface area contributed by atoms with Crippen molar-refractivity contribution in [2.45, 2.75) is 31.7 Å². The van der Waals surface area contributed by atoms with Crippen LogP contribution in [0, 0.1) is 11.0 Å². The Bertz CT molecular complexity index is 876. The van der Waals surface area contributed by atoms with Gasteiger partial charge in [-0.05, 0) is 43.3 Å². The van der Waals surface area contributed by atoms with Crippen LogP contribution in [0.15, 0.2) is 53.5 Å². The number of fused-ring (bicyclic) bond motifs is 1. The summed E-state index contributed by atoms with van der Waals surface area (Å²) in [5, 5.41) is 13.4. The van der Waals surface area contributed by atoms with E-state index in [0.717, 1.165) is 50.3 Å². The summed E-state index contributed by atoms with van der Waals surface area (Å²) in [4.78, 5) is 18.8. The molecule has 0 amide bonds. The summed E-state index contributed by atoms with van der Waals surface area (Å²) in [7, 11) is 0. The van der Waals surface area contributed by atoms with Crippen LogP contribution in [-0.2, 0) is 0 Å². The van der Waals surface area contributed by atoms with Crippen LogP contribution in [0.1, 0.15) is 36.0 Å². The number of ketones is 1. The van der Waals surface area contributed by atoms with Crippen molar-refractivity contribution < 1.29 is 9.18 Å². The zero-order valence-electron chi connectivity index (χ0n) is 15.8. The number of para-hydroxylation sites is 2. The molecule has 0 spiro atoms. The Morgan fingerprint density at radius 1 is 1.14 bits per heavy atom. The van der Waals surface area contributed by atoms with Crippen LogP contribution in [0.4, 0.5) is 15.8 Å². The van der Waals surface area contributed by atoms with Crippen LogP contribution >= 0.6 is 0 Å². The minimum atomic E-state index is -0.451. The number of halogens is 1. The van der Waals surface area contributed by atoms with Crippen molar-refractivity contribution in [2.75, 3.05) is 19.6 Å². The lowest BCUT2D eigenvalue weighted by Gasteiger charge is -2.45. The minimum absolute atomic E-state index is 0.00972. The molecule has 4 rings (SSSR count). The molecule has 0 bridgehead atoms. The van der Waals surface area contributed by atoms with E-state index in [1.165, 1.54) is 30.6 Å². The van der Waals surface area contributed by atoms with Crippen LogP contribution in [-0.4, -0.2) is 42.7 Å². The minimum Gasteiger partial charge on any atom is -0.621 e. The van der Waals surface area contributed by atoms with Crippen LogP contribution in [0.25, 0.3) is 0 Å². The summed E-state index contributed by atoms with van der Waals surface area (Å²) in [6.07, 6.45) is 4.38. The summed E-state index contributed by atoms with van der Waals surface area (Å²) in [5.41, 5.74) is 2.08. The van der Waals surface area contributed by atoms with Crippen LogP contribution < -0.4 is 4.65 Å². The molecular weight excluding hydrogens is 357 g/mol. The Morgan fingerprint density at radius 2 is 1.86 bits per heavy atom. The fourth-order valence-electron chi connectivity index (χ4n) is 4.14. The highest BCUT2D eigenvalue weighted by Gasteiger charge is 2.37. The molecule has 0 aromatic heterocycles. The number of rotatable bonds is 6. The molecule has 0 aliphatic carbocycles. The SMILES string of the molecule is O=C(CCCN1CCC([N+]2([O-])C=Nc3ccccc32)CC1)c1ccc(F)cc1. The summed E-state index contributed by atoms with van der Waals surface area (Å²) < 4.78 is 12.5. The second-order valence-electron chi connectivity index (χ2n) is 7.55. The van der Waals surface area contributed by atoms with E-state index in [2.05, 4.69) is 9.89 Å². The van der Waals surface area contributed by atoms with Crippen molar-refractivity contribution in [2.24, 2.45) is 4.99 Å². The maximum absolute atomic E-state index is 13.4. The number of hydrogen-bond acceptors (Lipinski definition) is 4. The van der Waals surface area contributed by atoms with E-state index in [4.69, 9.17) is 0 Å². The number of likely N-dealkylation sites (tertiary alicyclic amines) is 1. The van der Waals surface area contributed by atoms with Gasteiger partial charge in [-0.25, -0.2) is 4.39 Å². The predicted molar refractivity (Wildman–Crippen MR) is 109 cm³/mol. The molecule has 0 saturated carbocycles. The summed E-state index contributed by atoms with van der Waals surface area (Å²) in [6, 6.07) is 13.3. The number of benzene rings is 2. The first kappa shape index (κ1) is 18.9. The van der Waals surface area contributed by atoms with Crippen LogP contribution in [0.5, 0.6) is 0 Å². The Labute approximate surface area is 164 Å². The molecule has 2 aromatic carbocycles. The number of piperidine rings is 1. The number of carbonyl (C=O) groups is 1. The van der Waals surface area contributed by atoms with Gasteiger partial charge in [0.1, 0.15) is 17.5 Å². The van der Waals surface area contributed by atoms with E-state index >= 15 is 0 Å². The second-order valence-corrected chi connectivity index (χ2v) is 7.55. The molecule has 2 aliphatic rings. The van der Waals surface area contributed by atoms with E-state index in [9.17, 15) is 14.4 Å². The number of hydrogen-bond donors (Lipinski definition) is 0. The third kappa shape index (κ3) is 3.76. The molecule has 0 radical (unpaired) electrons. The molecular formula is C22H24FN3O2. The van der Waals surface area contributed by atoms with E-state index in [1.54, 1.807) is 0 Å². The van der Waals surface area contributed by atoms with Gasteiger partial charge in [0, 0.05) is 44.0 Å². The van der Waals surface area contributed by atoms with Gasteiger partial charge in [0.2, 0.25) is 0 Å². The molecule has 2 aliphatic heterocycles. The van der Waals surface area contributed by atoms with E-state index in [1.807, 2.05) is 24.3 Å². The summed E-state index contributed by atoms with van der Waals surface area (Å²) >= 11 is 0. The van der Waals surface area contributed by atoms with Gasteiger partial charge in [-0.2, -0.15) is 4.99 Å².